The Hall–Kier alpha value is -2.13. The van der Waals surface area contributed by atoms with Gasteiger partial charge in [-0.1, -0.05) is 209 Å². The molecule has 0 aromatic rings. The minimum absolute atomic E-state index is 0.000170. The van der Waals surface area contributed by atoms with Gasteiger partial charge in [-0.3, -0.25) is 4.79 Å². The number of esters is 1. The van der Waals surface area contributed by atoms with Gasteiger partial charge in [0.25, 0.3) is 0 Å². The van der Waals surface area contributed by atoms with Crippen LogP contribution in [-0.2, 0) is 9.53 Å². The molecule has 0 amide bonds. The van der Waals surface area contributed by atoms with Crippen molar-refractivity contribution in [2.24, 2.45) is 17.6 Å². The van der Waals surface area contributed by atoms with Crippen LogP contribution in [-0.4, -0.2) is 19.1 Å². The Morgan fingerprint density at radius 3 is 1.08 bits per heavy atom. The van der Waals surface area contributed by atoms with Crippen LogP contribution >= 0.6 is 0 Å². The highest BCUT2D eigenvalue weighted by atomic mass is 16.5. The molecule has 0 rings (SSSR count). The molecule has 3 heteroatoms. The minimum atomic E-state index is -0.000170. The van der Waals surface area contributed by atoms with Gasteiger partial charge >= 0.3 is 5.97 Å². The number of nitrogens with two attached hydrogens (primary N) is 1. The second-order valence-electron chi connectivity index (χ2n) is 17.8. The molecule has 2 atom stereocenters. The Kier molecular flexibility index (Phi) is 49.4. The summed E-state index contributed by atoms with van der Waals surface area (Å²) in [5.41, 5.74) is 6.33. The van der Waals surface area contributed by atoms with E-state index in [0.29, 0.717) is 19.1 Å². The Bertz CT molecular complexity index is 1030. The largest absolute Gasteiger partial charge is 0.465 e. The highest BCUT2D eigenvalue weighted by molar-refractivity contribution is 5.72. The van der Waals surface area contributed by atoms with Crippen molar-refractivity contribution in [2.75, 3.05) is 13.2 Å². The van der Waals surface area contributed by atoms with Crippen molar-refractivity contribution < 1.29 is 9.53 Å². The van der Waals surface area contributed by atoms with E-state index in [9.17, 15) is 4.79 Å². The molecule has 0 bridgehead atoms. The van der Waals surface area contributed by atoms with E-state index in [0.717, 1.165) is 57.8 Å². The summed E-state index contributed by atoms with van der Waals surface area (Å²) in [5.74, 6) is 0.457. The van der Waals surface area contributed by atoms with Crippen molar-refractivity contribution in [3.63, 3.8) is 0 Å². The van der Waals surface area contributed by atoms with Gasteiger partial charge < -0.3 is 10.5 Å². The number of unbranched alkanes of at least 4 members (excludes halogenated alkanes) is 25. The highest BCUT2D eigenvalue weighted by Gasteiger charge is 2.23. The minimum Gasteiger partial charge on any atom is -0.465 e. The summed E-state index contributed by atoms with van der Waals surface area (Å²) in [6.45, 7) is 8.04. The summed E-state index contributed by atoms with van der Waals surface area (Å²) < 4.78 is 5.96. The lowest BCUT2D eigenvalue weighted by molar-refractivity contribution is -0.149. The van der Waals surface area contributed by atoms with Gasteiger partial charge in [-0.2, -0.15) is 0 Å². The van der Waals surface area contributed by atoms with E-state index >= 15 is 0 Å². The number of hydrogen-bond donors (Lipinski definition) is 1. The van der Waals surface area contributed by atoms with E-state index in [1.165, 1.54) is 180 Å². The number of carbonyl (C=O) groups is 1. The molecule has 60 heavy (non-hydrogen) atoms. The predicted molar refractivity (Wildman–Crippen MR) is 270 cm³/mol. The maximum absolute atomic E-state index is 13.5. The van der Waals surface area contributed by atoms with Crippen LogP contribution in [0.3, 0.4) is 0 Å². The fraction of sp³-hybridized carbons (Fsp3) is 0.772. The molecular weight excluding hydrogens is 731 g/mol. The van der Waals surface area contributed by atoms with Gasteiger partial charge in [0.1, 0.15) is 0 Å². The smallest absolute Gasteiger partial charge is 0.308 e. The summed E-state index contributed by atoms with van der Waals surface area (Å²) in [4.78, 5) is 13.5. The maximum Gasteiger partial charge on any atom is 0.308 e. The van der Waals surface area contributed by atoms with E-state index in [1.54, 1.807) is 0 Å². The van der Waals surface area contributed by atoms with E-state index < -0.39 is 0 Å². The monoisotopic (exact) mass is 834 g/mol. The van der Waals surface area contributed by atoms with Gasteiger partial charge in [0.15, 0.2) is 0 Å². The van der Waals surface area contributed by atoms with Crippen molar-refractivity contribution in [1.82, 2.24) is 0 Å². The SMILES string of the molecule is CCCCCC=CCC=CCCCCCCCCC(CC(CN)CCCCCC/C=C\C/C=C\CCCCC)C(=O)OCCCCCCCC/C=C\C/C=C\CCCCC. The molecule has 0 spiro atoms. The van der Waals surface area contributed by atoms with Gasteiger partial charge in [0, 0.05) is 0 Å². The third-order valence-electron chi connectivity index (χ3n) is 11.9. The lowest BCUT2D eigenvalue weighted by atomic mass is 9.87. The van der Waals surface area contributed by atoms with Crippen molar-refractivity contribution in [3.8, 4) is 0 Å². The molecule has 0 aromatic heterocycles. The number of rotatable bonds is 47. The summed E-state index contributed by atoms with van der Waals surface area (Å²) in [5, 5.41) is 0. The van der Waals surface area contributed by atoms with Gasteiger partial charge in [0.2, 0.25) is 0 Å². The molecule has 348 valence electrons. The van der Waals surface area contributed by atoms with Gasteiger partial charge in [-0.15, -0.1) is 0 Å². The average Bonchev–Trinajstić information content (AvgIpc) is 3.26. The molecule has 0 aliphatic carbocycles. The molecule has 0 radical (unpaired) electrons. The average molecular weight is 834 g/mol. The molecule has 2 unspecified atom stereocenters. The highest BCUT2D eigenvalue weighted by Crippen LogP contribution is 2.25. The standard InChI is InChI=1S/C57H103NO2/c1-4-7-10-13-16-19-22-25-28-30-33-36-39-42-45-48-51-56(53-55(54-58)50-47-44-41-38-35-32-27-24-21-18-15-12-9-6-3)57(59)60-52-49-46-43-40-37-34-31-29-26-23-20-17-14-11-8-5-2/h16-21,25-29,32,55-56H,4-15,22-24,30-31,33-54,58H2,1-3H3/b19-16?,20-17-,21-18-,28-25?,29-26-,32-27-. The summed E-state index contributed by atoms with van der Waals surface area (Å²) >= 11 is 0. The van der Waals surface area contributed by atoms with Crippen LogP contribution in [0.15, 0.2) is 72.9 Å². The van der Waals surface area contributed by atoms with Crippen LogP contribution in [0.1, 0.15) is 258 Å². The second-order valence-corrected chi connectivity index (χ2v) is 17.8. The molecule has 3 nitrogen and oxygen atoms in total. The van der Waals surface area contributed by atoms with Crippen molar-refractivity contribution in [3.05, 3.63) is 72.9 Å². The molecule has 0 saturated carbocycles. The zero-order valence-corrected chi connectivity index (χ0v) is 40.6. The van der Waals surface area contributed by atoms with Crippen molar-refractivity contribution in [1.29, 1.82) is 0 Å². The molecule has 0 aliphatic rings. The van der Waals surface area contributed by atoms with Gasteiger partial charge in [-0.05, 0) is 134 Å². The Morgan fingerprint density at radius 2 is 0.717 bits per heavy atom. The number of carbonyl (C=O) groups excluding carboxylic acids is 1. The summed E-state index contributed by atoms with van der Waals surface area (Å²) in [6.07, 6.45) is 73.1. The fourth-order valence-corrected chi connectivity index (χ4v) is 7.89. The first-order valence-electron chi connectivity index (χ1n) is 26.5. The van der Waals surface area contributed by atoms with E-state index in [1.807, 2.05) is 0 Å². The maximum atomic E-state index is 13.5. The molecule has 0 fully saturated rings. The third-order valence-corrected chi connectivity index (χ3v) is 11.9. The fourth-order valence-electron chi connectivity index (χ4n) is 7.89. The Morgan fingerprint density at radius 1 is 0.400 bits per heavy atom. The van der Waals surface area contributed by atoms with Crippen LogP contribution in [0.2, 0.25) is 0 Å². The molecule has 0 saturated heterocycles. The Labute approximate surface area is 376 Å². The second kappa shape index (κ2) is 51.2. The zero-order chi connectivity index (χ0) is 43.5. The number of hydrogen-bond acceptors (Lipinski definition) is 3. The van der Waals surface area contributed by atoms with Crippen molar-refractivity contribution in [2.45, 2.75) is 258 Å². The van der Waals surface area contributed by atoms with Crippen LogP contribution in [0.25, 0.3) is 0 Å². The van der Waals surface area contributed by atoms with Crippen LogP contribution in [0.5, 0.6) is 0 Å². The topological polar surface area (TPSA) is 52.3 Å². The normalized spacial score (nSPS) is 13.5. The first kappa shape index (κ1) is 57.9. The van der Waals surface area contributed by atoms with Crippen LogP contribution in [0.4, 0.5) is 0 Å². The summed E-state index contributed by atoms with van der Waals surface area (Å²) in [6, 6.07) is 0. The molecular formula is C57H103NO2. The first-order valence-corrected chi connectivity index (χ1v) is 26.5. The van der Waals surface area contributed by atoms with Gasteiger partial charge in [-0.25, -0.2) is 0 Å². The predicted octanol–water partition coefficient (Wildman–Crippen LogP) is 18.6. The molecule has 2 N–H and O–H groups in total. The van der Waals surface area contributed by atoms with E-state index in [4.69, 9.17) is 10.5 Å². The van der Waals surface area contributed by atoms with Crippen LogP contribution < -0.4 is 5.73 Å². The van der Waals surface area contributed by atoms with Crippen molar-refractivity contribution >= 4 is 5.97 Å². The Balaban J connectivity index is 4.48. The quantitative estimate of drug-likeness (QED) is 0.0377. The lowest BCUT2D eigenvalue weighted by Crippen LogP contribution is -2.25. The van der Waals surface area contributed by atoms with E-state index in [-0.39, 0.29) is 11.9 Å². The van der Waals surface area contributed by atoms with Gasteiger partial charge in [0.05, 0.1) is 12.5 Å². The zero-order valence-electron chi connectivity index (χ0n) is 40.6. The molecule has 0 heterocycles. The molecule has 0 aromatic carbocycles. The lowest BCUT2D eigenvalue weighted by Gasteiger charge is -2.22. The summed E-state index contributed by atoms with van der Waals surface area (Å²) in [7, 11) is 0. The molecule has 0 aliphatic heterocycles. The first-order chi connectivity index (χ1) is 29.7. The number of allylic oxidation sites excluding steroid dienone is 12. The van der Waals surface area contributed by atoms with E-state index in [2.05, 4.69) is 93.7 Å². The number of ether oxygens (including phenoxy) is 1. The third kappa shape index (κ3) is 45.4. The van der Waals surface area contributed by atoms with Crippen LogP contribution in [0, 0.1) is 11.8 Å².